The van der Waals surface area contributed by atoms with Crippen LogP contribution in [0.4, 0.5) is 0 Å². The zero-order valence-electron chi connectivity index (χ0n) is 17.5. The average molecular weight is 553 g/mol. The van der Waals surface area contributed by atoms with Crippen molar-refractivity contribution < 1.29 is 17.9 Å². The number of pyridine rings is 1. The first kappa shape index (κ1) is 26.6. The van der Waals surface area contributed by atoms with E-state index in [1.165, 1.54) is 18.5 Å². The summed E-state index contributed by atoms with van der Waals surface area (Å²) < 4.78 is 32.0. The first-order chi connectivity index (χ1) is 14.0. The van der Waals surface area contributed by atoms with Crippen LogP contribution in [0.25, 0.3) is 0 Å². The normalized spacial score (nSPS) is 19.5. The van der Waals surface area contributed by atoms with Crippen molar-refractivity contribution in [3.05, 3.63) is 24.5 Å². The summed E-state index contributed by atoms with van der Waals surface area (Å²) >= 11 is 0. The molecule has 0 unspecified atom stereocenters. The highest BCUT2D eigenvalue weighted by Crippen LogP contribution is 2.25. The molecule has 0 radical (unpaired) electrons. The molecule has 0 spiro atoms. The van der Waals surface area contributed by atoms with E-state index in [0.717, 1.165) is 25.7 Å². The van der Waals surface area contributed by atoms with E-state index in [9.17, 15) is 13.2 Å². The number of guanidine groups is 1. The van der Waals surface area contributed by atoms with Crippen molar-refractivity contribution in [1.82, 2.24) is 20.3 Å². The van der Waals surface area contributed by atoms with Crippen LogP contribution < -0.4 is 15.4 Å². The summed E-state index contributed by atoms with van der Waals surface area (Å²) in [5.41, 5.74) is 0. The van der Waals surface area contributed by atoms with E-state index < -0.39 is 10.0 Å². The number of rotatable bonds is 9. The van der Waals surface area contributed by atoms with E-state index in [4.69, 9.17) is 4.74 Å². The Bertz CT molecular complexity index is 768. The van der Waals surface area contributed by atoms with Crippen molar-refractivity contribution >= 4 is 45.9 Å². The minimum absolute atomic E-state index is 0. The Labute approximate surface area is 195 Å². The molecule has 0 atom stereocenters. The SMILES string of the molecule is CCNC(=NCCNS(=O)(=O)c1cccnc1)NC1CCC(C(=O)OCC)CC1.I. The summed E-state index contributed by atoms with van der Waals surface area (Å²) in [5.74, 6) is 0.523. The summed E-state index contributed by atoms with van der Waals surface area (Å²) in [6, 6.07) is 3.30. The number of aliphatic imine (C=N–C) groups is 1. The largest absolute Gasteiger partial charge is 0.466 e. The van der Waals surface area contributed by atoms with Gasteiger partial charge in [-0.2, -0.15) is 0 Å². The van der Waals surface area contributed by atoms with Crippen LogP contribution >= 0.6 is 24.0 Å². The van der Waals surface area contributed by atoms with E-state index in [-0.39, 0.29) is 53.3 Å². The second-order valence-corrected chi connectivity index (χ2v) is 8.56. The van der Waals surface area contributed by atoms with Gasteiger partial charge in [-0.15, -0.1) is 24.0 Å². The number of carbonyl (C=O) groups is 1. The molecule has 1 heterocycles. The Morgan fingerprint density at radius 1 is 1.27 bits per heavy atom. The Kier molecular flexibility index (Phi) is 12.2. The number of sulfonamides is 1. The van der Waals surface area contributed by atoms with Crippen LogP contribution in [0.2, 0.25) is 0 Å². The minimum Gasteiger partial charge on any atom is -0.466 e. The number of ether oxygens (including phenoxy) is 1. The summed E-state index contributed by atoms with van der Waals surface area (Å²) in [6.07, 6.45) is 6.15. The highest BCUT2D eigenvalue weighted by molar-refractivity contribution is 14.0. The molecule has 0 saturated heterocycles. The lowest BCUT2D eigenvalue weighted by Gasteiger charge is -2.29. The smallest absolute Gasteiger partial charge is 0.308 e. The summed E-state index contributed by atoms with van der Waals surface area (Å²) in [6.45, 7) is 5.39. The van der Waals surface area contributed by atoms with Gasteiger partial charge in [-0.25, -0.2) is 13.1 Å². The van der Waals surface area contributed by atoms with Gasteiger partial charge in [0.05, 0.1) is 19.1 Å². The fourth-order valence-electron chi connectivity index (χ4n) is 3.18. The molecule has 170 valence electrons. The van der Waals surface area contributed by atoms with Crippen LogP contribution in [0, 0.1) is 5.92 Å². The van der Waals surface area contributed by atoms with Crippen LogP contribution in [0.15, 0.2) is 34.4 Å². The summed E-state index contributed by atoms with van der Waals surface area (Å²) in [5, 5.41) is 6.55. The Morgan fingerprint density at radius 2 is 2.00 bits per heavy atom. The van der Waals surface area contributed by atoms with Gasteiger partial charge in [0.25, 0.3) is 0 Å². The number of carbonyl (C=O) groups excluding carboxylic acids is 1. The van der Waals surface area contributed by atoms with Gasteiger partial charge in [-0.1, -0.05) is 0 Å². The Balaban J connectivity index is 0.00000450. The maximum atomic E-state index is 12.2. The molecule has 1 aliphatic carbocycles. The second kappa shape index (κ2) is 13.8. The molecule has 30 heavy (non-hydrogen) atoms. The molecule has 0 amide bonds. The Morgan fingerprint density at radius 3 is 2.60 bits per heavy atom. The lowest BCUT2D eigenvalue weighted by atomic mass is 9.86. The number of hydrogen-bond donors (Lipinski definition) is 3. The third-order valence-electron chi connectivity index (χ3n) is 4.65. The Hall–Kier alpha value is -1.47. The van der Waals surface area contributed by atoms with Gasteiger partial charge in [0.2, 0.25) is 10.0 Å². The molecule has 0 bridgehead atoms. The fourth-order valence-corrected chi connectivity index (χ4v) is 4.17. The highest BCUT2D eigenvalue weighted by atomic mass is 127. The molecule has 1 fully saturated rings. The van der Waals surface area contributed by atoms with Crippen molar-refractivity contribution in [2.45, 2.75) is 50.5 Å². The van der Waals surface area contributed by atoms with Crippen molar-refractivity contribution in [3.8, 4) is 0 Å². The van der Waals surface area contributed by atoms with Gasteiger partial charge < -0.3 is 15.4 Å². The fraction of sp³-hybridized carbons (Fsp3) is 0.632. The van der Waals surface area contributed by atoms with E-state index in [2.05, 4.69) is 25.3 Å². The predicted octanol–water partition coefficient (Wildman–Crippen LogP) is 1.65. The molecule has 0 aliphatic heterocycles. The van der Waals surface area contributed by atoms with Gasteiger partial charge in [0, 0.05) is 31.5 Å². The van der Waals surface area contributed by atoms with Crippen LogP contribution in [-0.4, -0.2) is 57.6 Å². The van der Waals surface area contributed by atoms with Crippen molar-refractivity contribution in [2.24, 2.45) is 10.9 Å². The minimum atomic E-state index is -3.58. The third kappa shape index (κ3) is 8.72. The van der Waals surface area contributed by atoms with Crippen LogP contribution in [0.5, 0.6) is 0 Å². The molecular weight excluding hydrogens is 521 g/mol. The number of hydrogen-bond acceptors (Lipinski definition) is 6. The van der Waals surface area contributed by atoms with Gasteiger partial charge in [0.1, 0.15) is 4.90 Å². The average Bonchev–Trinajstić information content (AvgIpc) is 2.72. The lowest BCUT2D eigenvalue weighted by Crippen LogP contribution is -2.45. The van der Waals surface area contributed by atoms with Gasteiger partial charge in [-0.05, 0) is 51.7 Å². The number of halogens is 1. The van der Waals surface area contributed by atoms with E-state index in [0.29, 0.717) is 25.7 Å². The van der Waals surface area contributed by atoms with E-state index in [1.807, 2.05) is 13.8 Å². The topological polar surface area (TPSA) is 122 Å². The first-order valence-electron chi connectivity index (χ1n) is 10.1. The standard InChI is InChI=1S/C19H31N5O4S.HI/c1-3-21-19(24-16-9-7-15(8-10-16)18(25)28-4-2)22-12-13-23-29(26,27)17-6-5-11-20-14-17;/h5-6,11,14-16,23H,3-4,7-10,12-13H2,1-2H3,(H2,21,22,24);1H. The number of nitrogens with one attached hydrogen (secondary N) is 3. The molecule has 11 heteroatoms. The molecule has 1 saturated carbocycles. The zero-order chi connectivity index (χ0) is 21.1. The highest BCUT2D eigenvalue weighted by Gasteiger charge is 2.27. The molecular formula is C19H32IN5O4S. The summed E-state index contributed by atoms with van der Waals surface area (Å²) in [4.78, 5) is 20.3. The molecule has 1 aliphatic rings. The lowest BCUT2D eigenvalue weighted by molar-refractivity contribution is -0.149. The van der Waals surface area contributed by atoms with Crippen molar-refractivity contribution in [1.29, 1.82) is 0 Å². The van der Waals surface area contributed by atoms with Crippen LogP contribution in [-0.2, 0) is 19.6 Å². The monoisotopic (exact) mass is 553 g/mol. The number of aromatic nitrogens is 1. The van der Waals surface area contributed by atoms with Crippen LogP contribution in [0.3, 0.4) is 0 Å². The molecule has 9 nitrogen and oxygen atoms in total. The molecule has 1 aromatic heterocycles. The maximum Gasteiger partial charge on any atom is 0.308 e. The van der Waals surface area contributed by atoms with Gasteiger partial charge in [0.15, 0.2) is 5.96 Å². The van der Waals surface area contributed by atoms with Crippen molar-refractivity contribution in [3.63, 3.8) is 0 Å². The zero-order valence-corrected chi connectivity index (χ0v) is 20.6. The van der Waals surface area contributed by atoms with Gasteiger partial charge in [-0.3, -0.25) is 14.8 Å². The van der Waals surface area contributed by atoms with Crippen LogP contribution in [0.1, 0.15) is 39.5 Å². The quantitative estimate of drug-likeness (QED) is 0.140. The molecule has 1 aromatic rings. The first-order valence-corrected chi connectivity index (χ1v) is 11.6. The predicted molar refractivity (Wildman–Crippen MR) is 126 cm³/mol. The third-order valence-corrected chi connectivity index (χ3v) is 6.10. The van der Waals surface area contributed by atoms with Gasteiger partial charge >= 0.3 is 5.97 Å². The maximum absolute atomic E-state index is 12.2. The summed E-state index contributed by atoms with van der Waals surface area (Å²) in [7, 11) is -3.58. The van der Waals surface area contributed by atoms with E-state index >= 15 is 0 Å². The molecule has 0 aromatic carbocycles. The van der Waals surface area contributed by atoms with Crippen molar-refractivity contribution in [2.75, 3.05) is 26.2 Å². The van der Waals surface area contributed by atoms with E-state index in [1.54, 1.807) is 6.07 Å². The molecule has 2 rings (SSSR count). The number of nitrogens with zero attached hydrogens (tertiary/aromatic N) is 2. The second-order valence-electron chi connectivity index (χ2n) is 6.79. The number of esters is 1. The molecule has 3 N–H and O–H groups in total.